The summed E-state index contributed by atoms with van der Waals surface area (Å²) >= 11 is 0. The first-order valence-electron chi connectivity index (χ1n) is 8.61. The fraction of sp³-hybridized carbons (Fsp3) is 0.812. The monoisotopic (exact) mass is 338 g/mol. The van der Waals surface area contributed by atoms with Gasteiger partial charge in [0.2, 0.25) is 5.89 Å². The van der Waals surface area contributed by atoms with E-state index in [-0.39, 0.29) is 24.0 Å². The molecular formula is C16H26N4O4. The van der Waals surface area contributed by atoms with Crippen LogP contribution in [0.15, 0.2) is 4.52 Å². The van der Waals surface area contributed by atoms with Crippen molar-refractivity contribution < 1.29 is 18.8 Å². The molecule has 1 aliphatic heterocycles. The van der Waals surface area contributed by atoms with Crippen LogP contribution in [-0.4, -0.2) is 49.1 Å². The van der Waals surface area contributed by atoms with E-state index in [4.69, 9.17) is 14.0 Å². The third-order valence-corrected chi connectivity index (χ3v) is 4.69. The molecule has 2 atom stereocenters. The highest BCUT2D eigenvalue weighted by atomic mass is 16.5. The lowest BCUT2D eigenvalue weighted by molar-refractivity contribution is 0.0501. The van der Waals surface area contributed by atoms with Crippen molar-refractivity contribution in [2.75, 3.05) is 26.9 Å². The molecule has 0 aromatic carbocycles. The Balaban J connectivity index is 1.65. The van der Waals surface area contributed by atoms with E-state index in [1.54, 1.807) is 14.0 Å². The lowest BCUT2D eigenvalue weighted by atomic mass is 9.91. The maximum atomic E-state index is 12.5. The van der Waals surface area contributed by atoms with Gasteiger partial charge in [-0.15, -0.1) is 0 Å². The van der Waals surface area contributed by atoms with Crippen LogP contribution in [0, 0.1) is 18.8 Å². The molecule has 0 bridgehead atoms. The minimum atomic E-state index is -0.294. The second-order valence-corrected chi connectivity index (χ2v) is 6.62. The summed E-state index contributed by atoms with van der Waals surface area (Å²) in [6, 6.07) is -0.455. The number of aryl methyl sites for hydroxylation is 1. The predicted octanol–water partition coefficient (Wildman–Crippen LogP) is 1.57. The number of nitrogens with zero attached hydrogens (tertiary/aromatic N) is 2. The Hall–Kier alpha value is -1.67. The summed E-state index contributed by atoms with van der Waals surface area (Å²) in [7, 11) is 1.65. The van der Waals surface area contributed by atoms with Crippen LogP contribution in [0.3, 0.4) is 0 Å². The van der Waals surface area contributed by atoms with Crippen molar-refractivity contribution in [3.63, 3.8) is 0 Å². The number of aromatic nitrogens is 2. The van der Waals surface area contributed by atoms with Gasteiger partial charge in [0.25, 0.3) is 0 Å². The number of nitrogens with one attached hydrogen (secondary N) is 2. The predicted molar refractivity (Wildman–Crippen MR) is 85.4 cm³/mol. The molecule has 1 aromatic heterocycles. The number of hydrogen-bond donors (Lipinski definition) is 2. The Labute approximate surface area is 141 Å². The number of methoxy groups -OCH3 is 1. The van der Waals surface area contributed by atoms with E-state index in [0.717, 1.165) is 25.7 Å². The zero-order valence-corrected chi connectivity index (χ0v) is 14.3. The SMILES string of the molecule is COC[C@H](NC(=O)N[C@@H](c1nc(C)no1)C1CCOCC1)C1CC1. The summed E-state index contributed by atoms with van der Waals surface area (Å²) in [6.45, 7) is 3.67. The molecule has 2 fully saturated rings. The van der Waals surface area contributed by atoms with Crippen LogP contribution < -0.4 is 10.6 Å². The molecule has 0 radical (unpaired) electrons. The fourth-order valence-electron chi connectivity index (χ4n) is 3.19. The average Bonchev–Trinajstić information content (AvgIpc) is 3.35. The normalized spacial score (nSPS) is 21.2. The standard InChI is InChI=1S/C16H26N4O4/c1-10-17-15(24-20-10)14(12-5-7-23-8-6-12)19-16(21)18-13(9-22-2)11-3-4-11/h11-14H,3-9H2,1-2H3,(H2,18,19,21)/t13-,14+/m0/s1. The molecular weight excluding hydrogens is 312 g/mol. The lowest BCUT2D eigenvalue weighted by Crippen LogP contribution is -2.48. The zero-order valence-electron chi connectivity index (χ0n) is 14.3. The highest BCUT2D eigenvalue weighted by molar-refractivity contribution is 5.74. The number of carbonyl (C=O) groups excluding carboxylic acids is 1. The summed E-state index contributed by atoms with van der Waals surface area (Å²) < 4.78 is 16.0. The second-order valence-electron chi connectivity index (χ2n) is 6.62. The summed E-state index contributed by atoms with van der Waals surface area (Å²) in [5.41, 5.74) is 0. The van der Waals surface area contributed by atoms with E-state index in [9.17, 15) is 4.79 Å². The molecule has 1 saturated heterocycles. The number of carbonyl (C=O) groups is 1. The van der Waals surface area contributed by atoms with E-state index in [2.05, 4.69) is 20.8 Å². The number of ether oxygens (including phenoxy) is 2. The molecule has 2 heterocycles. The van der Waals surface area contributed by atoms with Crippen molar-refractivity contribution >= 4 is 6.03 Å². The van der Waals surface area contributed by atoms with Gasteiger partial charge in [-0.05, 0) is 44.4 Å². The maximum absolute atomic E-state index is 12.5. The quantitative estimate of drug-likeness (QED) is 0.783. The molecule has 134 valence electrons. The van der Waals surface area contributed by atoms with Gasteiger partial charge in [0.1, 0.15) is 6.04 Å². The maximum Gasteiger partial charge on any atom is 0.315 e. The van der Waals surface area contributed by atoms with Gasteiger partial charge in [-0.2, -0.15) is 4.98 Å². The molecule has 1 aliphatic carbocycles. The second kappa shape index (κ2) is 7.94. The smallest absolute Gasteiger partial charge is 0.315 e. The Morgan fingerprint density at radius 2 is 2.00 bits per heavy atom. The van der Waals surface area contributed by atoms with E-state index < -0.39 is 0 Å². The van der Waals surface area contributed by atoms with Crippen LogP contribution in [0.4, 0.5) is 4.79 Å². The molecule has 0 unspecified atom stereocenters. The van der Waals surface area contributed by atoms with Gasteiger partial charge < -0.3 is 24.6 Å². The molecule has 8 heteroatoms. The van der Waals surface area contributed by atoms with Gasteiger partial charge in [0.05, 0.1) is 12.6 Å². The van der Waals surface area contributed by atoms with E-state index in [1.807, 2.05) is 0 Å². The first-order chi connectivity index (χ1) is 11.7. The van der Waals surface area contributed by atoms with Crippen molar-refractivity contribution in [1.29, 1.82) is 0 Å². The number of urea groups is 1. The van der Waals surface area contributed by atoms with Gasteiger partial charge in [-0.25, -0.2) is 4.79 Å². The largest absolute Gasteiger partial charge is 0.383 e. The molecule has 8 nitrogen and oxygen atoms in total. The summed E-state index contributed by atoms with van der Waals surface area (Å²) in [5.74, 6) is 1.78. The van der Waals surface area contributed by atoms with Crippen LogP contribution >= 0.6 is 0 Å². The van der Waals surface area contributed by atoms with E-state index >= 15 is 0 Å². The molecule has 1 saturated carbocycles. The third kappa shape index (κ3) is 4.45. The Bertz CT molecular complexity index is 540. The molecule has 1 aromatic rings. The van der Waals surface area contributed by atoms with Crippen molar-refractivity contribution in [1.82, 2.24) is 20.8 Å². The summed E-state index contributed by atoms with van der Waals surface area (Å²) in [4.78, 5) is 16.8. The van der Waals surface area contributed by atoms with Crippen molar-refractivity contribution in [3.05, 3.63) is 11.7 Å². The first kappa shape index (κ1) is 17.2. The highest BCUT2D eigenvalue weighted by Gasteiger charge is 2.35. The molecule has 3 rings (SSSR count). The van der Waals surface area contributed by atoms with Crippen LogP contribution in [0.2, 0.25) is 0 Å². The zero-order chi connectivity index (χ0) is 16.9. The first-order valence-corrected chi connectivity index (χ1v) is 8.61. The average molecular weight is 338 g/mol. The van der Waals surface area contributed by atoms with Crippen LogP contribution in [0.25, 0.3) is 0 Å². The molecule has 2 N–H and O–H groups in total. The van der Waals surface area contributed by atoms with Gasteiger partial charge in [0.15, 0.2) is 5.82 Å². The third-order valence-electron chi connectivity index (χ3n) is 4.69. The minimum absolute atomic E-state index is 0.0507. The van der Waals surface area contributed by atoms with Crippen molar-refractivity contribution in [2.45, 2.75) is 44.7 Å². The molecule has 2 amide bonds. The molecule has 2 aliphatic rings. The minimum Gasteiger partial charge on any atom is -0.383 e. The molecule has 0 spiro atoms. The van der Waals surface area contributed by atoms with E-state index in [0.29, 0.717) is 37.5 Å². The van der Waals surface area contributed by atoms with Gasteiger partial charge in [-0.3, -0.25) is 0 Å². The number of amides is 2. The fourth-order valence-corrected chi connectivity index (χ4v) is 3.19. The summed E-state index contributed by atoms with van der Waals surface area (Å²) in [5, 5.41) is 9.92. The Kier molecular flexibility index (Phi) is 5.68. The molecule has 24 heavy (non-hydrogen) atoms. The summed E-state index contributed by atoms with van der Waals surface area (Å²) in [6.07, 6.45) is 3.99. The van der Waals surface area contributed by atoms with Gasteiger partial charge >= 0.3 is 6.03 Å². The lowest BCUT2D eigenvalue weighted by Gasteiger charge is -2.29. The Morgan fingerprint density at radius 3 is 2.58 bits per heavy atom. The van der Waals surface area contributed by atoms with Crippen molar-refractivity contribution in [2.24, 2.45) is 11.8 Å². The topological polar surface area (TPSA) is 98.5 Å². The van der Waals surface area contributed by atoms with Gasteiger partial charge in [-0.1, -0.05) is 5.16 Å². The van der Waals surface area contributed by atoms with Crippen molar-refractivity contribution in [3.8, 4) is 0 Å². The number of hydrogen-bond acceptors (Lipinski definition) is 6. The van der Waals surface area contributed by atoms with Crippen LogP contribution in [0.1, 0.15) is 43.4 Å². The van der Waals surface area contributed by atoms with Crippen LogP contribution in [-0.2, 0) is 9.47 Å². The Morgan fingerprint density at radius 1 is 1.25 bits per heavy atom. The van der Waals surface area contributed by atoms with Gasteiger partial charge in [0, 0.05) is 20.3 Å². The highest BCUT2D eigenvalue weighted by Crippen LogP contribution is 2.33. The number of rotatable bonds is 7. The van der Waals surface area contributed by atoms with E-state index in [1.165, 1.54) is 0 Å². The van der Waals surface area contributed by atoms with Crippen LogP contribution in [0.5, 0.6) is 0 Å².